The molecule has 0 aliphatic heterocycles. The summed E-state index contributed by atoms with van der Waals surface area (Å²) in [7, 11) is 1.80. The van der Waals surface area contributed by atoms with Crippen molar-refractivity contribution in [3.05, 3.63) is 21.3 Å². The van der Waals surface area contributed by atoms with Crippen LogP contribution in [0.5, 0.6) is 0 Å². The van der Waals surface area contributed by atoms with Gasteiger partial charge in [0, 0.05) is 11.9 Å². The summed E-state index contributed by atoms with van der Waals surface area (Å²) in [4.78, 5) is 15.3. The largest absolute Gasteiger partial charge is 0.340 e. The van der Waals surface area contributed by atoms with E-state index in [0.717, 1.165) is 27.2 Å². The van der Waals surface area contributed by atoms with Crippen molar-refractivity contribution in [2.24, 2.45) is 0 Å². The molecule has 1 aliphatic rings. The van der Waals surface area contributed by atoms with Crippen molar-refractivity contribution < 1.29 is 4.79 Å². The van der Waals surface area contributed by atoms with E-state index >= 15 is 0 Å². The molecule has 3 rings (SSSR count). The minimum Gasteiger partial charge on any atom is -0.340 e. The van der Waals surface area contributed by atoms with E-state index in [0.29, 0.717) is 12.6 Å². The van der Waals surface area contributed by atoms with E-state index in [-0.39, 0.29) is 11.2 Å². The van der Waals surface area contributed by atoms with Gasteiger partial charge in [-0.25, -0.2) is 4.68 Å². The Morgan fingerprint density at radius 2 is 2.36 bits per heavy atom. The summed E-state index contributed by atoms with van der Waals surface area (Å²) in [6, 6.07) is 4.20. The van der Waals surface area contributed by atoms with E-state index in [4.69, 9.17) is 11.6 Å². The minimum absolute atomic E-state index is 0.0554. The molecule has 0 N–H and O–H groups in total. The normalized spacial score (nSPS) is 15.8. The molecule has 1 atom stereocenters. The first-order chi connectivity index (χ1) is 10.5. The van der Waals surface area contributed by atoms with Crippen LogP contribution in [0.25, 0.3) is 0 Å². The number of halogens is 1. The van der Waals surface area contributed by atoms with Gasteiger partial charge in [0.15, 0.2) is 0 Å². The summed E-state index contributed by atoms with van der Waals surface area (Å²) in [5.41, 5.74) is 0. The highest BCUT2D eigenvalue weighted by molar-refractivity contribution is 8.00. The van der Waals surface area contributed by atoms with Crippen LogP contribution in [0.15, 0.2) is 17.3 Å². The topological polar surface area (TPSA) is 63.9 Å². The molecule has 0 aromatic carbocycles. The molecule has 0 saturated heterocycles. The van der Waals surface area contributed by atoms with Gasteiger partial charge in [0.25, 0.3) is 0 Å². The number of thioether (sulfide) groups is 1. The fourth-order valence-corrected chi connectivity index (χ4v) is 4.19. The molecule has 0 bridgehead atoms. The van der Waals surface area contributed by atoms with Gasteiger partial charge in [0.05, 0.1) is 22.2 Å². The zero-order chi connectivity index (χ0) is 15.7. The zero-order valence-electron chi connectivity index (χ0n) is 12.3. The van der Waals surface area contributed by atoms with Crippen LogP contribution in [0, 0.1) is 0 Å². The zero-order valence-corrected chi connectivity index (χ0v) is 14.7. The molecule has 1 unspecified atom stereocenters. The fourth-order valence-electron chi connectivity index (χ4n) is 2.08. The third-order valence-corrected chi connectivity index (χ3v) is 5.63. The van der Waals surface area contributed by atoms with Gasteiger partial charge in [0.1, 0.15) is 0 Å². The molecule has 1 fully saturated rings. The Bertz CT molecular complexity index is 669. The number of hydrogen-bond acceptors (Lipinski definition) is 6. The van der Waals surface area contributed by atoms with Crippen molar-refractivity contribution in [3.8, 4) is 0 Å². The van der Waals surface area contributed by atoms with Gasteiger partial charge in [0.2, 0.25) is 11.1 Å². The number of carbonyl (C=O) groups is 1. The molecule has 2 aromatic heterocycles. The van der Waals surface area contributed by atoms with E-state index in [9.17, 15) is 4.79 Å². The van der Waals surface area contributed by atoms with Crippen LogP contribution in [0.2, 0.25) is 4.34 Å². The van der Waals surface area contributed by atoms with Crippen molar-refractivity contribution in [3.63, 3.8) is 0 Å². The van der Waals surface area contributed by atoms with Gasteiger partial charge in [-0.05, 0) is 42.3 Å². The van der Waals surface area contributed by atoms with Gasteiger partial charge in [-0.3, -0.25) is 4.79 Å². The highest BCUT2D eigenvalue weighted by Gasteiger charge is 2.30. The van der Waals surface area contributed by atoms with Crippen LogP contribution in [-0.2, 0) is 11.3 Å². The fraction of sp³-hybridized carbons (Fsp3) is 0.538. The maximum Gasteiger partial charge on any atom is 0.235 e. The smallest absolute Gasteiger partial charge is 0.235 e. The van der Waals surface area contributed by atoms with Gasteiger partial charge in [-0.1, -0.05) is 23.4 Å². The summed E-state index contributed by atoms with van der Waals surface area (Å²) < 4.78 is 2.56. The first kappa shape index (κ1) is 15.8. The van der Waals surface area contributed by atoms with E-state index in [1.165, 1.54) is 23.1 Å². The predicted molar refractivity (Wildman–Crippen MR) is 87.2 cm³/mol. The standard InChI is InChI=1S/C13H16ClN5OS2/c1-8(21-13-15-16-17-19(13)9-3-4-9)12(20)18(2)7-10-5-6-11(14)22-10/h5-6,8-9H,3-4,7H2,1-2H3. The number of aromatic nitrogens is 4. The number of hydrogen-bond donors (Lipinski definition) is 0. The van der Waals surface area contributed by atoms with Gasteiger partial charge >= 0.3 is 0 Å². The summed E-state index contributed by atoms with van der Waals surface area (Å²) in [6.45, 7) is 2.45. The quantitative estimate of drug-likeness (QED) is 0.744. The van der Waals surface area contributed by atoms with Crippen LogP contribution in [0.1, 0.15) is 30.7 Å². The lowest BCUT2D eigenvalue weighted by Gasteiger charge is -2.20. The molecular formula is C13H16ClN5OS2. The third kappa shape index (κ3) is 3.61. The van der Waals surface area contributed by atoms with Crippen LogP contribution < -0.4 is 0 Å². The summed E-state index contributed by atoms with van der Waals surface area (Å²) >= 11 is 8.82. The van der Waals surface area contributed by atoms with Gasteiger partial charge in [-0.15, -0.1) is 16.4 Å². The maximum absolute atomic E-state index is 12.5. The first-order valence-corrected chi connectivity index (χ1v) is 9.05. The average molecular weight is 358 g/mol. The number of nitrogens with zero attached hydrogens (tertiary/aromatic N) is 5. The van der Waals surface area contributed by atoms with E-state index in [1.54, 1.807) is 11.9 Å². The average Bonchev–Trinajstić information content (AvgIpc) is 3.10. The SMILES string of the molecule is CC(Sc1nnnn1C1CC1)C(=O)N(C)Cc1ccc(Cl)s1. The second-order valence-corrected chi connectivity index (χ2v) is 8.40. The number of amides is 1. The molecule has 6 nitrogen and oxygen atoms in total. The second kappa shape index (κ2) is 6.55. The lowest BCUT2D eigenvalue weighted by molar-refractivity contribution is -0.129. The number of thiophene rings is 1. The van der Waals surface area contributed by atoms with E-state index in [1.807, 2.05) is 23.7 Å². The molecule has 0 spiro atoms. The Labute approximate surface area is 141 Å². The lowest BCUT2D eigenvalue weighted by Crippen LogP contribution is -2.32. The predicted octanol–water partition coefficient (Wildman–Crippen LogP) is 2.86. The molecule has 118 valence electrons. The van der Waals surface area contributed by atoms with E-state index < -0.39 is 0 Å². The van der Waals surface area contributed by atoms with Crippen LogP contribution in [0.3, 0.4) is 0 Å². The van der Waals surface area contributed by atoms with Crippen molar-refractivity contribution in [2.45, 2.75) is 42.8 Å². The second-order valence-electron chi connectivity index (χ2n) is 5.30. The summed E-state index contributed by atoms with van der Waals surface area (Å²) in [5, 5.41) is 12.2. The molecule has 2 heterocycles. The minimum atomic E-state index is -0.232. The molecule has 22 heavy (non-hydrogen) atoms. The Hall–Kier alpha value is -1.12. The lowest BCUT2D eigenvalue weighted by atomic mass is 10.3. The molecule has 1 aliphatic carbocycles. The first-order valence-electron chi connectivity index (χ1n) is 6.98. The molecule has 1 amide bonds. The van der Waals surface area contributed by atoms with Crippen LogP contribution >= 0.6 is 34.7 Å². The highest BCUT2D eigenvalue weighted by atomic mass is 35.5. The Morgan fingerprint density at radius 3 is 3.00 bits per heavy atom. The van der Waals surface area contributed by atoms with Crippen LogP contribution in [-0.4, -0.2) is 43.3 Å². The van der Waals surface area contributed by atoms with Crippen molar-refractivity contribution in [1.82, 2.24) is 25.1 Å². The number of rotatable bonds is 6. The van der Waals surface area contributed by atoms with E-state index in [2.05, 4.69) is 15.5 Å². The molecule has 9 heteroatoms. The summed E-state index contributed by atoms with van der Waals surface area (Å²) in [6.07, 6.45) is 2.22. The van der Waals surface area contributed by atoms with Crippen molar-refractivity contribution >= 4 is 40.6 Å². The number of carbonyl (C=O) groups excluding carboxylic acids is 1. The van der Waals surface area contributed by atoms with Gasteiger partial charge < -0.3 is 4.90 Å². The van der Waals surface area contributed by atoms with Crippen LogP contribution in [0.4, 0.5) is 0 Å². The highest BCUT2D eigenvalue weighted by Crippen LogP contribution is 2.37. The Morgan fingerprint density at radius 1 is 1.59 bits per heavy atom. The molecule has 1 saturated carbocycles. The van der Waals surface area contributed by atoms with Gasteiger partial charge in [-0.2, -0.15) is 0 Å². The molecule has 0 radical (unpaired) electrons. The molecule has 2 aromatic rings. The Kier molecular flexibility index (Phi) is 4.70. The maximum atomic E-state index is 12.5. The summed E-state index contributed by atoms with van der Waals surface area (Å²) in [5.74, 6) is 0.0554. The van der Waals surface area contributed by atoms with Crippen molar-refractivity contribution in [2.75, 3.05) is 7.05 Å². The monoisotopic (exact) mass is 357 g/mol. The molecular weight excluding hydrogens is 342 g/mol. The van der Waals surface area contributed by atoms with Crippen molar-refractivity contribution in [1.29, 1.82) is 0 Å². The number of tetrazole rings is 1. The third-order valence-electron chi connectivity index (χ3n) is 3.38. The Balaban J connectivity index is 1.59.